The molecule has 2 atom stereocenters. The Labute approximate surface area is 178 Å². The second-order valence-corrected chi connectivity index (χ2v) is 8.46. The molecule has 0 amide bonds. The summed E-state index contributed by atoms with van der Waals surface area (Å²) in [6.45, 7) is 0.176. The number of anilines is 1. The zero-order chi connectivity index (χ0) is 21.9. The number of nitrogens with zero attached hydrogens (tertiary/aromatic N) is 5. The lowest BCUT2D eigenvalue weighted by atomic mass is 10.2. The van der Waals surface area contributed by atoms with Gasteiger partial charge in [-0.25, -0.2) is 4.79 Å². The SMILES string of the molecule is Cn1c(Cn2c(=O)c3c(nc(NC4CCC(O)C4)n3C)n(C)c2=O)cc2ccccc21. The zero-order valence-electron chi connectivity index (χ0n) is 17.9. The van der Waals surface area contributed by atoms with Crippen LogP contribution < -0.4 is 16.6 Å². The predicted molar refractivity (Wildman–Crippen MR) is 120 cm³/mol. The van der Waals surface area contributed by atoms with Gasteiger partial charge in [0.25, 0.3) is 5.56 Å². The molecule has 1 saturated carbocycles. The number of aliphatic hydroxyl groups is 1. The molecule has 1 aliphatic carbocycles. The van der Waals surface area contributed by atoms with Crippen molar-refractivity contribution in [2.24, 2.45) is 21.1 Å². The van der Waals surface area contributed by atoms with Crippen molar-refractivity contribution in [1.82, 2.24) is 23.3 Å². The molecule has 9 heteroatoms. The highest BCUT2D eigenvalue weighted by atomic mass is 16.3. The van der Waals surface area contributed by atoms with E-state index in [0.29, 0.717) is 23.5 Å². The maximum atomic E-state index is 13.4. The highest BCUT2D eigenvalue weighted by molar-refractivity contribution is 5.81. The quantitative estimate of drug-likeness (QED) is 0.517. The van der Waals surface area contributed by atoms with Crippen molar-refractivity contribution in [3.63, 3.8) is 0 Å². The molecule has 162 valence electrons. The highest BCUT2D eigenvalue weighted by Crippen LogP contribution is 2.24. The van der Waals surface area contributed by atoms with Gasteiger partial charge in [-0.15, -0.1) is 0 Å². The first-order valence-electron chi connectivity index (χ1n) is 10.5. The van der Waals surface area contributed by atoms with Gasteiger partial charge in [0.05, 0.1) is 12.6 Å². The van der Waals surface area contributed by atoms with Gasteiger partial charge in [-0.3, -0.25) is 13.9 Å². The van der Waals surface area contributed by atoms with Crippen LogP contribution in [0.3, 0.4) is 0 Å². The lowest BCUT2D eigenvalue weighted by Gasteiger charge is -2.12. The normalized spacial score (nSPS) is 19.0. The fourth-order valence-corrected chi connectivity index (χ4v) is 4.64. The number of benzene rings is 1. The van der Waals surface area contributed by atoms with E-state index in [1.54, 1.807) is 18.7 Å². The van der Waals surface area contributed by atoms with Crippen LogP contribution in [-0.4, -0.2) is 40.5 Å². The number of aryl methyl sites for hydroxylation is 3. The molecule has 2 N–H and O–H groups in total. The van der Waals surface area contributed by atoms with Crippen molar-refractivity contribution >= 4 is 28.0 Å². The average molecular weight is 422 g/mol. The van der Waals surface area contributed by atoms with E-state index in [-0.39, 0.29) is 24.2 Å². The molecule has 3 aromatic heterocycles. The summed E-state index contributed by atoms with van der Waals surface area (Å²) in [6.07, 6.45) is 1.93. The van der Waals surface area contributed by atoms with E-state index in [4.69, 9.17) is 0 Å². The molecule has 1 aromatic carbocycles. The first-order chi connectivity index (χ1) is 14.8. The Morgan fingerprint density at radius 1 is 1.10 bits per heavy atom. The molecule has 0 bridgehead atoms. The molecular weight excluding hydrogens is 396 g/mol. The lowest BCUT2D eigenvalue weighted by molar-refractivity contribution is 0.182. The van der Waals surface area contributed by atoms with E-state index in [1.807, 2.05) is 41.9 Å². The summed E-state index contributed by atoms with van der Waals surface area (Å²) in [7, 11) is 5.35. The summed E-state index contributed by atoms with van der Waals surface area (Å²) >= 11 is 0. The third kappa shape index (κ3) is 3.07. The average Bonchev–Trinajstić information content (AvgIpc) is 3.41. The fourth-order valence-electron chi connectivity index (χ4n) is 4.64. The van der Waals surface area contributed by atoms with E-state index in [0.717, 1.165) is 29.4 Å². The highest BCUT2D eigenvalue weighted by Gasteiger charge is 2.25. The van der Waals surface area contributed by atoms with Crippen LogP contribution in [0.25, 0.3) is 22.1 Å². The van der Waals surface area contributed by atoms with Gasteiger partial charge >= 0.3 is 5.69 Å². The smallest absolute Gasteiger partial charge is 0.332 e. The number of aliphatic hydroxyl groups excluding tert-OH is 1. The van der Waals surface area contributed by atoms with Crippen LogP contribution in [-0.2, 0) is 27.7 Å². The lowest BCUT2D eigenvalue weighted by Crippen LogP contribution is -2.40. The van der Waals surface area contributed by atoms with Gasteiger partial charge in [0, 0.05) is 38.4 Å². The number of para-hydroxylation sites is 1. The maximum Gasteiger partial charge on any atom is 0.332 e. The Bertz CT molecular complexity index is 1420. The van der Waals surface area contributed by atoms with Crippen LogP contribution in [0.5, 0.6) is 0 Å². The fraction of sp³-hybridized carbons (Fsp3) is 0.409. The van der Waals surface area contributed by atoms with Crippen LogP contribution in [0.1, 0.15) is 25.0 Å². The number of rotatable bonds is 4. The van der Waals surface area contributed by atoms with Crippen molar-refractivity contribution in [2.75, 3.05) is 5.32 Å². The van der Waals surface area contributed by atoms with Gasteiger partial charge < -0.3 is 19.6 Å². The number of imidazole rings is 1. The van der Waals surface area contributed by atoms with Gasteiger partial charge in [-0.2, -0.15) is 4.98 Å². The third-order valence-corrected chi connectivity index (χ3v) is 6.47. The number of aromatic nitrogens is 5. The molecule has 0 radical (unpaired) electrons. The van der Waals surface area contributed by atoms with Crippen LogP contribution in [0.15, 0.2) is 39.9 Å². The van der Waals surface area contributed by atoms with Crippen LogP contribution >= 0.6 is 0 Å². The van der Waals surface area contributed by atoms with Crippen molar-refractivity contribution in [3.8, 4) is 0 Å². The Kier molecular flexibility index (Phi) is 4.51. The Morgan fingerprint density at radius 3 is 2.58 bits per heavy atom. The molecule has 2 unspecified atom stereocenters. The third-order valence-electron chi connectivity index (χ3n) is 6.47. The number of hydrogen-bond donors (Lipinski definition) is 2. The number of fused-ring (bicyclic) bond motifs is 2. The van der Waals surface area contributed by atoms with Gasteiger partial charge in [0.1, 0.15) is 0 Å². The molecule has 5 rings (SSSR count). The molecule has 0 aliphatic heterocycles. The van der Waals surface area contributed by atoms with E-state index in [1.165, 1.54) is 9.13 Å². The Hall–Kier alpha value is -3.33. The van der Waals surface area contributed by atoms with Crippen LogP contribution in [0.4, 0.5) is 5.95 Å². The van der Waals surface area contributed by atoms with Crippen molar-refractivity contribution in [2.45, 2.75) is 38.0 Å². The van der Waals surface area contributed by atoms with Crippen molar-refractivity contribution in [3.05, 3.63) is 56.9 Å². The summed E-state index contributed by atoms with van der Waals surface area (Å²) in [5.41, 5.74) is 1.89. The van der Waals surface area contributed by atoms with Crippen molar-refractivity contribution in [1.29, 1.82) is 0 Å². The molecule has 3 heterocycles. The van der Waals surface area contributed by atoms with Gasteiger partial charge in [-0.05, 0) is 36.8 Å². The number of nitrogens with one attached hydrogen (secondary N) is 1. The Morgan fingerprint density at radius 2 is 1.87 bits per heavy atom. The van der Waals surface area contributed by atoms with Gasteiger partial charge in [0.15, 0.2) is 11.2 Å². The summed E-state index contributed by atoms with van der Waals surface area (Å²) in [5, 5.41) is 14.2. The topological polar surface area (TPSA) is 99.0 Å². The van der Waals surface area contributed by atoms with Crippen LogP contribution in [0, 0.1) is 0 Å². The monoisotopic (exact) mass is 422 g/mol. The number of hydrogen-bond acceptors (Lipinski definition) is 5. The first kappa shape index (κ1) is 19.6. The molecule has 4 aromatic rings. The molecule has 1 aliphatic rings. The van der Waals surface area contributed by atoms with E-state index in [9.17, 15) is 14.7 Å². The summed E-state index contributed by atoms with van der Waals surface area (Å²) < 4.78 is 6.40. The molecule has 9 nitrogen and oxygen atoms in total. The van der Waals surface area contributed by atoms with Crippen LogP contribution in [0.2, 0.25) is 0 Å². The zero-order valence-corrected chi connectivity index (χ0v) is 17.9. The van der Waals surface area contributed by atoms with E-state index >= 15 is 0 Å². The second kappa shape index (κ2) is 7.12. The predicted octanol–water partition coefficient (Wildman–Crippen LogP) is 1.30. The summed E-state index contributed by atoms with van der Waals surface area (Å²) in [5.74, 6) is 0.531. The van der Waals surface area contributed by atoms with E-state index < -0.39 is 5.69 Å². The standard InChI is InChI=1S/C22H26N6O3/c1-25-15(10-13-6-4-5-7-17(13)25)12-28-20(30)18-19(27(3)22(28)31)24-21(26(18)2)23-14-8-9-16(29)11-14/h4-7,10,14,16,29H,8-9,11-12H2,1-3H3,(H,23,24). The first-order valence-corrected chi connectivity index (χ1v) is 10.5. The molecule has 0 saturated heterocycles. The largest absolute Gasteiger partial charge is 0.393 e. The maximum absolute atomic E-state index is 13.4. The minimum Gasteiger partial charge on any atom is -0.393 e. The van der Waals surface area contributed by atoms with Crippen molar-refractivity contribution < 1.29 is 5.11 Å². The summed E-state index contributed by atoms with van der Waals surface area (Å²) in [4.78, 5) is 31.0. The molecule has 0 spiro atoms. The molecule has 31 heavy (non-hydrogen) atoms. The van der Waals surface area contributed by atoms with E-state index in [2.05, 4.69) is 10.3 Å². The minimum atomic E-state index is -0.399. The molecular formula is C22H26N6O3. The minimum absolute atomic E-state index is 0.0977. The Balaban J connectivity index is 1.60. The summed E-state index contributed by atoms with van der Waals surface area (Å²) in [6, 6.07) is 10.1. The second-order valence-electron chi connectivity index (χ2n) is 8.46. The molecule has 1 fully saturated rings. The van der Waals surface area contributed by atoms with Gasteiger partial charge in [0.2, 0.25) is 5.95 Å². The van der Waals surface area contributed by atoms with Gasteiger partial charge in [-0.1, -0.05) is 18.2 Å².